The molecule has 4 rings (SSSR count). The summed E-state index contributed by atoms with van der Waals surface area (Å²) in [7, 11) is 0. The second-order valence-corrected chi connectivity index (χ2v) is 8.89. The predicted molar refractivity (Wildman–Crippen MR) is 134 cm³/mol. The van der Waals surface area contributed by atoms with Gasteiger partial charge in [-0.25, -0.2) is 0 Å². The van der Waals surface area contributed by atoms with Crippen molar-refractivity contribution in [3.63, 3.8) is 0 Å². The number of carbonyl (C=O) groups excluding carboxylic acids is 1. The van der Waals surface area contributed by atoms with Crippen LogP contribution in [0, 0.1) is 13.8 Å². The van der Waals surface area contributed by atoms with Crippen LogP contribution in [0.5, 0.6) is 0 Å². The first-order valence-electron chi connectivity index (χ1n) is 10.8. The Morgan fingerprint density at radius 3 is 2.36 bits per heavy atom. The van der Waals surface area contributed by atoms with Crippen molar-refractivity contribution in [3.05, 3.63) is 111 Å². The first-order chi connectivity index (χ1) is 15.9. The molecule has 6 heteroatoms. The van der Waals surface area contributed by atoms with E-state index in [0.29, 0.717) is 16.3 Å². The third kappa shape index (κ3) is 5.23. The number of benzene rings is 3. The molecule has 0 aliphatic rings. The minimum absolute atomic E-state index is 0.186. The van der Waals surface area contributed by atoms with E-state index in [2.05, 4.69) is 17.3 Å². The van der Waals surface area contributed by atoms with Crippen molar-refractivity contribution in [1.29, 1.82) is 0 Å². The van der Waals surface area contributed by atoms with Crippen molar-refractivity contribution >= 4 is 23.4 Å². The van der Waals surface area contributed by atoms with E-state index in [0.717, 1.165) is 28.1 Å². The summed E-state index contributed by atoms with van der Waals surface area (Å²) in [5.74, 6) is -0.186. The van der Waals surface area contributed by atoms with Crippen LogP contribution in [0.1, 0.15) is 34.0 Å². The number of aromatic nitrogens is 2. The topological polar surface area (TPSA) is 64.0 Å². The molecular weight excluding hydrogens is 430 g/mol. The van der Waals surface area contributed by atoms with Gasteiger partial charge >= 0.3 is 0 Å². The number of rotatable bonds is 6. The van der Waals surface area contributed by atoms with E-state index in [4.69, 9.17) is 0 Å². The van der Waals surface area contributed by atoms with Crippen LogP contribution in [-0.2, 0) is 6.42 Å². The van der Waals surface area contributed by atoms with Crippen LogP contribution in [0.15, 0.2) is 93.6 Å². The van der Waals surface area contributed by atoms with E-state index < -0.39 is 0 Å². The molecule has 0 atom stereocenters. The van der Waals surface area contributed by atoms with E-state index in [1.165, 1.54) is 28.1 Å². The molecule has 1 N–H and O–H groups in total. The van der Waals surface area contributed by atoms with Crippen molar-refractivity contribution in [2.75, 3.05) is 5.32 Å². The van der Waals surface area contributed by atoms with E-state index in [-0.39, 0.29) is 11.5 Å². The fourth-order valence-electron chi connectivity index (χ4n) is 3.50. The van der Waals surface area contributed by atoms with Gasteiger partial charge in [0.15, 0.2) is 0 Å². The number of amides is 1. The Hall–Kier alpha value is -3.64. The molecule has 0 radical (unpaired) electrons. The second kappa shape index (κ2) is 9.88. The average molecular weight is 456 g/mol. The first kappa shape index (κ1) is 22.6. The Kier molecular flexibility index (Phi) is 6.75. The fraction of sp³-hybridized carbons (Fsp3) is 0.148. The Morgan fingerprint density at radius 1 is 0.939 bits per heavy atom. The SMILES string of the molecule is CCc1cccc(C)c1NC(=O)c1ccc(-n2nc(Sc3ccc(C)cc3)ccc2=O)cc1. The summed E-state index contributed by atoms with van der Waals surface area (Å²) in [6, 6.07) is 24.3. The molecule has 0 fully saturated rings. The number of hydrogen-bond donors (Lipinski definition) is 1. The fourth-order valence-corrected chi connectivity index (χ4v) is 4.27. The molecule has 0 aliphatic carbocycles. The Balaban J connectivity index is 1.55. The number of carbonyl (C=O) groups is 1. The molecular formula is C27H25N3O2S. The van der Waals surface area contributed by atoms with Gasteiger partial charge in [0.25, 0.3) is 11.5 Å². The number of nitrogens with zero attached hydrogens (tertiary/aromatic N) is 2. The summed E-state index contributed by atoms with van der Waals surface area (Å²) in [5, 5.41) is 8.25. The van der Waals surface area contributed by atoms with Crippen LogP contribution in [0.4, 0.5) is 5.69 Å². The molecule has 166 valence electrons. The number of nitrogens with one attached hydrogen (secondary N) is 1. The van der Waals surface area contributed by atoms with Crippen molar-refractivity contribution in [2.24, 2.45) is 0 Å². The molecule has 33 heavy (non-hydrogen) atoms. The molecule has 3 aromatic carbocycles. The highest BCUT2D eigenvalue weighted by atomic mass is 32.2. The highest BCUT2D eigenvalue weighted by Gasteiger charge is 2.12. The van der Waals surface area contributed by atoms with Crippen LogP contribution in [0.2, 0.25) is 0 Å². The summed E-state index contributed by atoms with van der Waals surface area (Å²) in [6.45, 7) is 6.09. The van der Waals surface area contributed by atoms with Gasteiger partial charge in [-0.2, -0.15) is 9.78 Å². The molecule has 1 amide bonds. The monoisotopic (exact) mass is 455 g/mol. The zero-order valence-corrected chi connectivity index (χ0v) is 19.6. The van der Waals surface area contributed by atoms with E-state index in [1.807, 2.05) is 56.3 Å². The molecule has 0 spiro atoms. The molecule has 5 nitrogen and oxygen atoms in total. The van der Waals surface area contributed by atoms with Gasteiger partial charge in [-0.15, -0.1) is 0 Å². The third-order valence-electron chi connectivity index (χ3n) is 5.37. The maximum absolute atomic E-state index is 12.8. The lowest BCUT2D eigenvalue weighted by atomic mass is 10.1. The van der Waals surface area contributed by atoms with Gasteiger partial charge in [0.2, 0.25) is 0 Å². The lowest BCUT2D eigenvalue weighted by Crippen LogP contribution is -2.20. The minimum atomic E-state index is -0.229. The molecule has 4 aromatic rings. The van der Waals surface area contributed by atoms with Crippen LogP contribution in [0.25, 0.3) is 5.69 Å². The Bertz CT molecular complexity index is 1340. The summed E-state index contributed by atoms with van der Waals surface area (Å²) in [4.78, 5) is 26.3. The molecule has 0 aliphatic heterocycles. The third-order valence-corrected chi connectivity index (χ3v) is 6.31. The maximum atomic E-state index is 12.8. The van der Waals surface area contributed by atoms with E-state index in [9.17, 15) is 9.59 Å². The summed E-state index contributed by atoms with van der Waals surface area (Å²) in [6.07, 6.45) is 0.835. The highest BCUT2D eigenvalue weighted by molar-refractivity contribution is 7.99. The Morgan fingerprint density at radius 2 is 1.67 bits per heavy atom. The molecule has 0 saturated heterocycles. The lowest BCUT2D eigenvalue weighted by molar-refractivity contribution is 0.102. The average Bonchev–Trinajstić information content (AvgIpc) is 2.83. The highest BCUT2D eigenvalue weighted by Crippen LogP contribution is 2.26. The number of hydrogen-bond acceptors (Lipinski definition) is 4. The quantitative estimate of drug-likeness (QED) is 0.398. The standard InChI is InChI=1S/C27H25N3O2S/c1-4-20-7-5-6-19(3)26(20)28-27(32)21-10-12-22(13-11-21)30-25(31)17-16-24(29-30)33-23-14-8-18(2)9-15-23/h5-17H,4H2,1-3H3,(H,28,32). The minimum Gasteiger partial charge on any atom is -0.321 e. The van der Waals surface area contributed by atoms with Gasteiger partial charge in [-0.1, -0.05) is 54.6 Å². The zero-order chi connectivity index (χ0) is 23.4. The van der Waals surface area contributed by atoms with E-state index >= 15 is 0 Å². The number of para-hydroxylation sites is 1. The lowest BCUT2D eigenvalue weighted by Gasteiger charge is -2.13. The Labute approximate surface area is 197 Å². The van der Waals surface area contributed by atoms with Crippen LogP contribution >= 0.6 is 11.8 Å². The van der Waals surface area contributed by atoms with Gasteiger partial charge < -0.3 is 5.32 Å². The predicted octanol–water partition coefficient (Wildman–Crippen LogP) is 5.82. The molecule has 1 aromatic heterocycles. The van der Waals surface area contributed by atoms with Crippen LogP contribution < -0.4 is 10.9 Å². The normalized spacial score (nSPS) is 10.8. The summed E-state index contributed by atoms with van der Waals surface area (Å²) >= 11 is 1.49. The van der Waals surface area contributed by atoms with Crippen LogP contribution in [0.3, 0.4) is 0 Å². The largest absolute Gasteiger partial charge is 0.321 e. The molecule has 0 bridgehead atoms. The van der Waals surface area contributed by atoms with Gasteiger partial charge in [-0.3, -0.25) is 9.59 Å². The van der Waals surface area contributed by atoms with Crippen molar-refractivity contribution in [3.8, 4) is 5.69 Å². The number of aryl methyl sites for hydroxylation is 3. The van der Waals surface area contributed by atoms with Crippen LogP contribution in [-0.4, -0.2) is 15.7 Å². The first-order valence-corrected chi connectivity index (χ1v) is 11.6. The summed E-state index contributed by atoms with van der Waals surface area (Å²) < 4.78 is 1.36. The van der Waals surface area contributed by atoms with Gasteiger partial charge in [0.05, 0.1) is 5.69 Å². The summed E-state index contributed by atoms with van der Waals surface area (Å²) in [5.41, 5.74) is 5.06. The zero-order valence-electron chi connectivity index (χ0n) is 18.8. The second-order valence-electron chi connectivity index (χ2n) is 7.80. The van der Waals surface area contributed by atoms with E-state index in [1.54, 1.807) is 30.3 Å². The molecule has 0 saturated carbocycles. The van der Waals surface area contributed by atoms with Crippen molar-refractivity contribution in [1.82, 2.24) is 9.78 Å². The number of anilines is 1. The van der Waals surface area contributed by atoms with Gasteiger partial charge in [0.1, 0.15) is 5.03 Å². The molecule has 0 unspecified atom stereocenters. The van der Waals surface area contributed by atoms with Crippen molar-refractivity contribution in [2.45, 2.75) is 37.1 Å². The van der Waals surface area contributed by atoms with Gasteiger partial charge in [-0.05, 0) is 73.9 Å². The van der Waals surface area contributed by atoms with Crippen molar-refractivity contribution < 1.29 is 4.79 Å². The molecule has 1 heterocycles. The van der Waals surface area contributed by atoms with Gasteiger partial charge in [0, 0.05) is 22.2 Å². The maximum Gasteiger partial charge on any atom is 0.271 e. The smallest absolute Gasteiger partial charge is 0.271 e.